The maximum absolute atomic E-state index is 5.14. The fraction of sp³-hybridized carbons (Fsp3) is 0.0769. The lowest BCUT2D eigenvalue weighted by atomic mass is 10.3. The lowest BCUT2D eigenvalue weighted by molar-refractivity contribution is 0.412. The van der Waals surface area contributed by atoms with E-state index in [-0.39, 0.29) is 0 Å². The van der Waals surface area contributed by atoms with Crippen molar-refractivity contribution in [2.24, 2.45) is 10.2 Å². The molecule has 0 N–H and O–H groups in total. The molecular weight excluding hydrogens is 280 g/mol. The van der Waals surface area contributed by atoms with E-state index in [2.05, 4.69) is 26.2 Å². The number of methoxy groups -OCH3 is 1. The van der Waals surface area contributed by atoms with E-state index in [9.17, 15) is 0 Å². The number of rotatable bonds is 3. The van der Waals surface area contributed by atoms with Crippen LogP contribution in [0, 0.1) is 0 Å². The van der Waals surface area contributed by atoms with Crippen LogP contribution in [-0.4, -0.2) is 7.11 Å². The maximum atomic E-state index is 5.14. The molecule has 0 saturated heterocycles. The van der Waals surface area contributed by atoms with Crippen molar-refractivity contribution in [1.29, 1.82) is 0 Å². The Balaban J connectivity index is 2.19. The predicted octanol–water partition coefficient (Wildman–Crippen LogP) is 4.87. The van der Waals surface area contributed by atoms with Crippen LogP contribution in [0.4, 0.5) is 11.4 Å². The van der Waals surface area contributed by atoms with Crippen molar-refractivity contribution in [1.82, 2.24) is 0 Å². The molecule has 0 aliphatic carbocycles. The highest BCUT2D eigenvalue weighted by molar-refractivity contribution is 9.10. The molecule has 0 amide bonds. The van der Waals surface area contributed by atoms with Crippen molar-refractivity contribution in [3.63, 3.8) is 0 Å². The highest BCUT2D eigenvalue weighted by Crippen LogP contribution is 2.29. The first kappa shape index (κ1) is 11.8. The largest absolute Gasteiger partial charge is 0.496 e. The van der Waals surface area contributed by atoms with Gasteiger partial charge in [0.2, 0.25) is 0 Å². The summed E-state index contributed by atoms with van der Waals surface area (Å²) >= 11 is 3.41. The van der Waals surface area contributed by atoms with Gasteiger partial charge in [-0.3, -0.25) is 0 Å². The number of hydrogen-bond acceptors (Lipinski definition) is 3. The van der Waals surface area contributed by atoms with Gasteiger partial charge < -0.3 is 4.74 Å². The molecule has 0 atom stereocenters. The molecule has 0 aliphatic rings. The van der Waals surface area contributed by atoms with Crippen LogP contribution in [0.1, 0.15) is 0 Å². The second-order valence-corrected chi connectivity index (χ2v) is 4.21. The lowest BCUT2D eigenvalue weighted by Crippen LogP contribution is -1.82. The van der Waals surface area contributed by atoms with Crippen LogP contribution in [-0.2, 0) is 0 Å². The average Bonchev–Trinajstić information content (AvgIpc) is 2.38. The molecule has 2 aromatic rings. The van der Waals surface area contributed by atoms with Gasteiger partial charge in [0.15, 0.2) is 0 Å². The molecule has 86 valence electrons. The number of benzene rings is 2. The molecule has 0 unspecified atom stereocenters. The second-order valence-electron chi connectivity index (χ2n) is 3.35. The first-order valence-corrected chi connectivity index (χ1v) is 5.89. The van der Waals surface area contributed by atoms with Crippen LogP contribution in [0.5, 0.6) is 5.75 Å². The van der Waals surface area contributed by atoms with E-state index in [1.165, 1.54) is 0 Å². The van der Waals surface area contributed by atoms with Gasteiger partial charge in [-0.2, -0.15) is 10.2 Å². The molecule has 0 fully saturated rings. The summed E-state index contributed by atoms with van der Waals surface area (Å²) in [6, 6.07) is 15.2. The van der Waals surface area contributed by atoms with Crippen LogP contribution in [0.3, 0.4) is 0 Å². The van der Waals surface area contributed by atoms with Crippen LogP contribution in [0.2, 0.25) is 0 Å². The van der Waals surface area contributed by atoms with E-state index in [4.69, 9.17) is 4.74 Å². The summed E-state index contributed by atoms with van der Waals surface area (Å²) < 4.78 is 6.01. The van der Waals surface area contributed by atoms with Gasteiger partial charge in [0.25, 0.3) is 0 Å². The van der Waals surface area contributed by atoms with Gasteiger partial charge in [-0.15, -0.1) is 0 Å². The zero-order valence-electron chi connectivity index (χ0n) is 9.30. The van der Waals surface area contributed by atoms with Gasteiger partial charge in [0.1, 0.15) is 5.75 Å². The van der Waals surface area contributed by atoms with Crippen molar-refractivity contribution in [3.05, 3.63) is 53.0 Å². The number of ether oxygens (including phenoxy) is 1. The summed E-state index contributed by atoms with van der Waals surface area (Å²) in [5.74, 6) is 0.781. The van der Waals surface area contributed by atoms with Crippen molar-refractivity contribution in [2.45, 2.75) is 0 Å². The highest BCUT2D eigenvalue weighted by atomic mass is 79.9. The molecule has 0 aromatic heterocycles. The molecule has 17 heavy (non-hydrogen) atoms. The van der Waals surface area contributed by atoms with Gasteiger partial charge in [0.05, 0.1) is 23.0 Å². The van der Waals surface area contributed by atoms with Crippen LogP contribution in [0.25, 0.3) is 0 Å². The van der Waals surface area contributed by atoms with E-state index >= 15 is 0 Å². The highest BCUT2D eigenvalue weighted by Gasteiger charge is 2.00. The Labute approximate surface area is 108 Å². The molecule has 0 heterocycles. The van der Waals surface area contributed by atoms with Crippen LogP contribution in [0.15, 0.2) is 63.2 Å². The minimum absolute atomic E-state index is 0.779. The maximum Gasteiger partial charge on any atom is 0.133 e. The standard InChI is InChI=1S/C13H11BrN2O/c1-17-13-8-7-11(9-12(13)14)16-15-10-5-3-2-4-6-10/h2-9H,1H3. The topological polar surface area (TPSA) is 34.0 Å². The van der Waals surface area contributed by atoms with E-state index in [1.807, 2.05) is 48.5 Å². The van der Waals surface area contributed by atoms with E-state index in [1.54, 1.807) is 7.11 Å². The molecule has 0 aliphatic heterocycles. The summed E-state index contributed by atoms with van der Waals surface area (Å²) in [6.45, 7) is 0. The third kappa shape index (κ3) is 3.14. The summed E-state index contributed by atoms with van der Waals surface area (Å²) in [5.41, 5.74) is 1.61. The monoisotopic (exact) mass is 290 g/mol. The van der Waals surface area contributed by atoms with Crippen molar-refractivity contribution in [3.8, 4) is 5.75 Å². The Bertz CT molecular complexity index is 526. The molecule has 0 spiro atoms. The van der Waals surface area contributed by atoms with Crippen molar-refractivity contribution < 1.29 is 4.74 Å². The van der Waals surface area contributed by atoms with Gasteiger partial charge in [-0.1, -0.05) is 18.2 Å². The Morgan fingerprint density at radius 2 is 1.65 bits per heavy atom. The van der Waals surface area contributed by atoms with Gasteiger partial charge in [-0.25, -0.2) is 0 Å². The van der Waals surface area contributed by atoms with Gasteiger partial charge in [-0.05, 0) is 46.3 Å². The van der Waals surface area contributed by atoms with Crippen molar-refractivity contribution in [2.75, 3.05) is 7.11 Å². The van der Waals surface area contributed by atoms with Gasteiger partial charge in [0, 0.05) is 0 Å². The molecule has 2 rings (SSSR count). The fourth-order valence-electron chi connectivity index (χ4n) is 1.33. The van der Waals surface area contributed by atoms with Crippen molar-refractivity contribution >= 4 is 27.3 Å². The molecule has 0 bridgehead atoms. The smallest absolute Gasteiger partial charge is 0.133 e. The molecular formula is C13H11BrN2O. The van der Waals surface area contributed by atoms with E-state index in [0.717, 1.165) is 21.6 Å². The quantitative estimate of drug-likeness (QED) is 0.742. The molecule has 0 saturated carbocycles. The Morgan fingerprint density at radius 3 is 2.29 bits per heavy atom. The third-order valence-corrected chi connectivity index (χ3v) is 2.79. The number of azo groups is 1. The Kier molecular flexibility index (Phi) is 3.88. The molecule has 2 aromatic carbocycles. The first-order valence-electron chi connectivity index (χ1n) is 5.10. The second kappa shape index (κ2) is 5.59. The SMILES string of the molecule is COc1ccc(N=Nc2ccccc2)cc1Br. The van der Waals surface area contributed by atoms with E-state index < -0.39 is 0 Å². The number of halogens is 1. The molecule has 4 heteroatoms. The number of hydrogen-bond donors (Lipinski definition) is 0. The van der Waals surface area contributed by atoms with Crippen LogP contribution >= 0.6 is 15.9 Å². The predicted molar refractivity (Wildman–Crippen MR) is 71.3 cm³/mol. The van der Waals surface area contributed by atoms with E-state index in [0.29, 0.717) is 0 Å². The number of nitrogens with zero attached hydrogens (tertiary/aromatic N) is 2. The Morgan fingerprint density at radius 1 is 0.941 bits per heavy atom. The zero-order valence-corrected chi connectivity index (χ0v) is 10.9. The molecule has 0 radical (unpaired) electrons. The summed E-state index contributed by atoms with van der Waals surface area (Å²) in [4.78, 5) is 0. The minimum Gasteiger partial charge on any atom is -0.496 e. The average molecular weight is 291 g/mol. The zero-order chi connectivity index (χ0) is 12.1. The lowest BCUT2D eigenvalue weighted by Gasteiger charge is -2.02. The normalized spacial score (nSPS) is 10.7. The Hall–Kier alpha value is -1.68. The van der Waals surface area contributed by atoms with Crippen LogP contribution < -0.4 is 4.74 Å². The summed E-state index contributed by atoms with van der Waals surface area (Å²) in [5, 5.41) is 8.29. The third-order valence-electron chi connectivity index (χ3n) is 2.17. The summed E-state index contributed by atoms with van der Waals surface area (Å²) in [7, 11) is 1.63. The minimum atomic E-state index is 0.779. The van der Waals surface area contributed by atoms with Gasteiger partial charge >= 0.3 is 0 Å². The summed E-state index contributed by atoms with van der Waals surface area (Å²) in [6.07, 6.45) is 0. The fourth-order valence-corrected chi connectivity index (χ4v) is 1.86. The molecule has 3 nitrogen and oxygen atoms in total. The first-order chi connectivity index (χ1) is 8.29.